The molecule has 2 unspecified atom stereocenters. The quantitative estimate of drug-likeness (QED) is 0.374. The molecule has 0 spiro atoms. The van der Waals surface area contributed by atoms with E-state index in [1.807, 2.05) is 30.3 Å². The van der Waals surface area contributed by atoms with E-state index in [9.17, 15) is 15.4 Å². The van der Waals surface area contributed by atoms with Crippen LogP contribution in [0.5, 0.6) is 5.75 Å². The van der Waals surface area contributed by atoms with Crippen LogP contribution in [0.3, 0.4) is 0 Å². The summed E-state index contributed by atoms with van der Waals surface area (Å²) < 4.78 is 5.42. The largest absolute Gasteiger partial charge is 0.497 e. The molecule has 2 N–H and O–H groups in total. The van der Waals surface area contributed by atoms with Gasteiger partial charge in [0.1, 0.15) is 11.8 Å². The number of methoxy groups -OCH3 is 1. The van der Waals surface area contributed by atoms with Crippen LogP contribution in [-0.4, -0.2) is 41.7 Å². The van der Waals surface area contributed by atoms with Gasteiger partial charge >= 0.3 is 0 Å². The molecule has 2 aliphatic heterocycles. The zero-order valence-electron chi connectivity index (χ0n) is 20.8. The van der Waals surface area contributed by atoms with Crippen molar-refractivity contribution >= 4 is 16.6 Å². The van der Waals surface area contributed by atoms with Crippen LogP contribution >= 0.6 is 0 Å². The number of pyridine rings is 1. The van der Waals surface area contributed by atoms with Gasteiger partial charge in [-0.1, -0.05) is 12.1 Å². The van der Waals surface area contributed by atoms with Crippen molar-refractivity contribution in [3.63, 3.8) is 0 Å². The summed E-state index contributed by atoms with van der Waals surface area (Å²) in [4.78, 5) is 17.1. The van der Waals surface area contributed by atoms with Crippen LogP contribution in [0.15, 0.2) is 42.6 Å². The third kappa shape index (κ3) is 4.77. The van der Waals surface area contributed by atoms with Gasteiger partial charge < -0.3 is 15.0 Å². The molecule has 0 amide bonds. The SMILES string of the molecule is COc1ccc2ncc(C#N)c(CC[NH+]3[C@@H]4CC[C@H]3CC(NCc3ccc(C)c([N+](=O)[O-])c3)C4)c2c1. The summed E-state index contributed by atoms with van der Waals surface area (Å²) in [6.45, 7) is 3.42. The van der Waals surface area contributed by atoms with E-state index in [0.29, 0.717) is 35.8 Å². The van der Waals surface area contributed by atoms with Gasteiger partial charge in [0.05, 0.1) is 41.7 Å². The number of nitrogens with zero attached hydrogens (tertiary/aromatic N) is 3. The van der Waals surface area contributed by atoms with Crippen molar-refractivity contribution in [1.82, 2.24) is 10.3 Å². The van der Waals surface area contributed by atoms with E-state index in [1.165, 1.54) is 12.8 Å². The molecule has 2 bridgehead atoms. The lowest BCUT2D eigenvalue weighted by Gasteiger charge is -2.36. The maximum atomic E-state index is 11.3. The van der Waals surface area contributed by atoms with Crippen molar-refractivity contribution < 1.29 is 14.6 Å². The number of hydrogen-bond acceptors (Lipinski definition) is 6. The predicted octanol–water partition coefficient (Wildman–Crippen LogP) is 3.24. The molecular formula is C28H32N5O3+. The molecule has 4 atom stereocenters. The number of benzene rings is 2. The van der Waals surface area contributed by atoms with Crippen molar-refractivity contribution in [2.45, 2.75) is 63.7 Å². The number of rotatable bonds is 8. The van der Waals surface area contributed by atoms with Crippen LogP contribution in [0, 0.1) is 28.4 Å². The van der Waals surface area contributed by atoms with Crippen LogP contribution < -0.4 is 15.0 Å². The number of nitro groups is 1. The number of quaternary nitrogens is 1. The van der Waals surface area contributed by atoms with E-state index in [4.69, 9.17) is 4.74 Å². The van der Waals surface area contributed by atoms with E-state index in [1.54, 1.807) is 31.2 Å². The molecule has 36 heavy (non-hydrogen) atoms. The maximum Gasteiger partial charge on any atom is 0.272 e. The molecule has 3 aromatic rings. The average Bonchev–Trinajstić information content (AvgIpc) is 3.12. The summed E-state index contributed by atoms with van der Waals surface area (Å²) in [6.07, 6.45) is 7.20. The van der Waals surface area contributed by atoms with Crippen LogP contribution in [0.2, 0.25) is 0 Å². The maximum absolute atomic E-state index is 11.3. The number of piperidine rings is 1. The molecule has 2 aliphatic rings. The molecule has 8 heteroatoms. The molecule has 0 aliphatic carbocycles. The number of nitriles is 1. The van der Waals surface area contributed by atoms with Crippen molar-refractivity contribution in [3.05, 3.63) is 75.0 Å². The molecule has 2 fully saturated rings. The smallest absolute Gasteiger partial charge is 0.272 e. The summed E-state index contributed by atoms with van der Waals surface area (Å²) in [6, 6.07) is 15.3. The lowest BCUT2D eigenvalue weighted by molar-refractivity contribution is -0.941. The summed E-state index contributed by atoms with van der Waals surface area (Å²) in [7, 11) is 1.66. The summed E-state index contributed by atoms with van der Waals surface area (Å²) in [5, 5.41) is 25.7. The Kier molecular flexibility index (Phi) is 6.86. The number of ether oxygens (including phenoxy) is 1. The molecule has 2 saturated heterocycles. The minimum atomic E-state index is -0.305. The topological polar surface area (TPSA) is 106 Å². The van der Waals surface area contributed by atoms with Gasteiger partial charge in [-0.3, -0.25) is 15.1 Å². The van der Waals surface area contributed by atoms with Gasteiger partial charge in [-0.05, 0) is 36.2 Å². The van der Waals surface area contributed by atoms with Gasteiger partial charge in [-0.2, -0.15) is 5.26 Å². The molecule has 1 aromatic heterocycles. The van der Waals surface area contributed by atoms with Crippen molar-refractivity contribution in [2.24, 2.45) is 0 Å². The lowest BCUT2D eigenvalue weighted by Crippen LogP contribution is -3.18. The summed E-state index contributed by atoms with van der Waals surface area (Å²) >= 11 is 0. The van der Waals surface area contributed by atoms with Crippen molar-refractivity contribution in [3.8, 4) is 11.8 Å². The first-order chi connectivity index (χ1) is 17.5. The van der Waals surface area contributed by atoms with E-state index >= 15 is 0 Å². The standard InChI is InChI=1S/C28H31N5O3/c1-18-3-4-19(11-28(18)33(34)35)16-30-21-12-22-5-6-23(13-21)32(22)10-9-25-20(15-29)17-31-27-8-7-24(36-2)14-26(25)27/h3-4,7-8,11,14,17,21-23,30H,5-6,9-10,12-13,16H2,1-2H3/p+1/t21?,22-,23+. The first kappa shape index (κ1) is 24.2. The fourth-order valence-corrected chi connectivity index (χ4v) is 6.22. The second-order valence-electron chi connectivity index (χ2n) is 10.1. The van der Waals surface area contributed by atoms with Gasteiger partial charge in [0, 0.05) is 67.9 Å². The number of hydrogen-bond donors (Lipinski definition) is 2. The third-order valence-electron chi connectivity index (χ3n) is 8.09. The normalized spacial score (nSPS) is 22.9. The first-order valence-corrected chi connectivity index (χ1v) is 12.7. The Balaban J connectivity index is 1.24. The van der Waals surface area contributed by atoms with E-state index in [0.717, 1.165) is 53.6 Å². The highest BCUT2D eigenvalue weighted by molar-refractivity contribution is 5.85. The summed E-state index contributed by atoms with van der Waals surface area (Å²) in [5.74, 6) is 0.777. The van der Waals surface area contributed by atoms with E-state index in [-0.39, 0.29) is 10.6 Å². The minimum Gasteiger partial charge on any atom is -0.497 e. The van der Waals surface area contributed by atoms with Crippen molar-refractivity contribution in [1.29, 1.82) is 5.26 Å². The molecule has 3 heterocycles. The van der Waals surface area contributed by atoms with Gasteiger partial charge in [-0.25, -0.2) is 0 Å². The van der Waals surface area contributed by atoms with Crippen LogP contribution in [0.1, 0.15) is 47.9 Å². The zero-order chi connectivity index (χ0) is 25.2. The zero-order valence-corrected chi connectivity index (χ0v) is 20.8. The Morgan fingerprint density at radius 3 is 2.69 bits per heavy atom. The number of aromatic nitrogens is 1. The Morgan fingerprint density at radius 2 is 2.00 bits per heavy atom. The monoisotopic (exact) mass is 486 g/mol. The highest BCUT2D eigenvalue weighted by Crippen LogP contribution is 2.27. The molecule has 2 aromatic carbocycles. The Morgan fingerprint density at radius 1 is 1.22 bits per heavy atom. The highest BCUT2D eigenvalue weighted by atomic mass is 16.6. The molecule has 0 radical (unpaired) electrons. The minimum absolute atomic E-state index is 0.187. The average molecular weight is 487 g/mol. The lowest BCUT2D eigenvalue weighted by atomic mass is 9.95. The van der Waals surface area contributed by atoms with Crippen molar-refractivity contribution in [2.75, 3.05) is 13.7 Å². The van der Waals surface area contributed by atoms with E-state index in [2.05, 4.69) is 16.4 Å². The fourth-order valence-electron chi connectivity index (χ4n) is 6.22. The number of aryl methyl sites for hydroxylation is 1. The van der Waals surface area contributed by atoms with Crippen LogP contribution in [-0.2, 0) is 13.0 Å². The highest BCUT2D eigenvalue weighted by Gasteiger charge is 2.44. The van der Waals surface area contributed by atoms with Gasteiger partial charge in [0.2, 0.25) is 0 Å². The Hall–Kier alpha value is -3.54. The van der Waals surface area contributed by atoms with Gasteiger partial charge in [0.25, 0.3) is 5.69 Å². The van der Waals surface area contributed by atoms with Crippen LogP contribution in [0.4, 0.5) is 5.69 Å². The molecule has 0 saturated carbocycles. The fraction of sp³-hybridized carbons (Fsp3) is 0.429. The first-order valence-electron chi connectivity index (χ1n) is 12.7. The number of nitro benzene ring substituents is 1. The molecule has 8 nitrogen and oxygen atoms in total. The van der Waals surface area contributed by atoms with Gasteiger partial charge in [-0.15, -0.1) is 0 Å². The summed E-state index contributed by atoms with van der Waals surface area (Å²) in [5.41, 5.74) is 4.44. The third-order valence-corrected chi connectivity index (χ3v) is 8.09. The molecule has 186 valence electrons. The number of nitrogens with one attached hydrogen (secondary N) is 2. The number of fused-ring (bicyclic) bond motifs is 3. The van der Waals surface area contributed by atoms with E-state index < -0.39 is 0 Å². The Bertz CT molecular complexity index is 1320. The second-order valence-corrected chi connectivity index (χ2v) is 10.1. The predicted molar refractivity (Wildman–Crippen MR) is 137 cm³/mol. The Labute approximate surface area is 211 Å². The molecular weight excluding hydrogens is 454 g/mol. The van der Waals surface area contributed by atoms with Gasteiger partial charge in [0.15, 0.2) is 0 Å². The second kappa shape index (κ2) is 10.2. The molecule has 5 rings (SSSR count). The van der Waals surface area contributed by atoms with Crippen LogP contribution in [0.25, 0.3) is 10.9 Å².